The van der Waals surface area contributed by atoms with E-state index in [4.69, 9.17) is 11.6 Å². The van der Waals surface area contributed by atoms with Crippen LogP contribution in [0, 0.1) is 27.2 Å². The highest BCUT2D eigenvalue weighted by Crippen LogP contribution is 2.25. The number of non-ortho nitro benzene ring substituents is 1. The maximum absolute atomic E-state index is 12.1. The molecule has 118 valence electrons. The minimum atomic E-state index is -0.628. The monoisotopic (exact) mass is 335 g/mol. The second-order valence-corrected chi connectivity index (χ2v) is 5.04. The Morgan fingerprint density at radius 1 is 1.09 bits per heavy atom. The largest absolute Gasteiger partial charge is 0.322 e. The van der Waals surface area contributed by atoms with E-state index in [2.05, 4.69) is 5.32 Å². The van der Waals surface area contributed by atoms with Crippen LogP contribution in [0.3, 0.4) is 0 Å². The molecular formula is C14H10ClN3O5. The van der Waals surface area contributed by atoms with Crippen LogP contribution in [-0.2, 0) is 0 Å². The summed E-state index contributed by atoms with van der Waals surface area (Å²) in [6.45, 7) is 1.58. The van der Waals surface area contributed by atoms with Crippen molar-refractivity contribution >= 4 is 34.6 Å². The molecule has 9 heteroatoms. The van der Waals surface area contributed by atoms with Crippen molar-refractivity contribution < 1.29 is 14.6 Å². The molecule has 0 aromatic heterocycles. The zero-order valence-corrected chi connectivity index (χ0v) is 12.5. The van der Waals surface area contributed by atoms with Gasteiger partial charge >= 0.3 is 0 Å². The van der Waals surface area contributed by atoms with Crippen LogP contribution in [0.4, 0.5) is 17.1 Å². The second kappa shape index (κ2) is 6.41. The first-order valence-corrected chi connectivity index (χ1v) is 6.67. The van der Waals surface area contributed by atoms with Crippen molar-refractivity contribution in [3.05, 3.63) is 72.8 Å². The Morgan fingerprint density at radius 3 is 2.35 bits per heavy atom. The number of carbonyl (C=O) groups excluding carboxylic acids is 1. The van der Waals surface area contributed by atoms with Gasteiger partial charge in [-0.3, -0.25) is 25.0 Å². The Morgan fingerprint density at radius 2 is 1.78 bits per heavy atom. The predicted octanol–water partition coefficient (Wildman–Crippen LogP) is 3.72. The zero-order chi connectivity index (χ0) is 17.1. The standard InChI is InChI=1S/C14H10ClN3O5/c1-8-2-3-9(6-13(8)18(22)23)16-14(19)11-5-4-10(17(20)21)7-12(11)15/h2-7H,1H3,(H,16,19). The Labute approximate surface area is 135 Å². The number of halogens is 1. The van der Waals surface area contributed by atoms with Crippen molar-refractivity contribution in [2.24, 2.45) is 0 Å². The van der Waals surface area contributed by atoms with E-state index in [1.165, 1.54) is 24.3 Å². The lowest BCUT2D eigenvalue weighted by atomic mass is 10.1. The van der Waals surface area contributed by atoms with Gasteiger partial charge in [-0.15, -0.1) is 0 Å². The lowest BCUT2D eigenvalue weighted by Crippen LogP contribution is -2.13. The summed E-state index contributed by atoms with van der Waals surface area (Å²) in [5.41, 5.74) is 0.346. The van der Waals surface area contributed by atoms with E-state index < -0.39 is 15.8 Å². The fourth-order valence-electron chi connectivity index (χ4n) is 1.88. The van der Waals surface area contributed by atoms with Gasteiger partial charge in [-0.25, -0.2) is 0 Å². The van der Waals surface area contributed by atoms with E-state index in [9.17, 15) is 25.0 Å². The highest BCUT2D eigenvalue weighted by atomic mass is 35.5. The molecule has 0 aliphatic heterocycles. The van der Waals surface area contributed by atoms with E-state index in [0.717, 1.165) is 12.1 Å². The molecular weight excluding hydrogens is 326 g/mol. The van der Waals surface area contributed by atoms with E-state index in [1.807, 2.05) is 0 Å². The van der Waals surface area contributed by atoms with E-state index in [-0.39, 0.29) is 27.6 Å². The lowest BCUT2D eigenvalue weighted by Gasteiger charge is -2.07. The third-order valence-corrected chi connectivity index (χ3v) is 3.38. The predicted molar refractivity (Wildman–Crippen MR) is 83.9 cm³/mol. The van der Waals surface area contributed by atoms with E-state index in [0.29, 0.717) is 5.56 Å². The van der Waals surface area contributed by atoms with Crippen molar-refractivity contribution in [3.63, 3.8) is 0 Å². The smallest absolute Gasteiger partial charge is 0.274 e. The van der Waals surface area contributed by atoms with Crippen molar-refractivity contribution in [1.82, 2.24) is 0 Å². The third-order valence-electron chi connectivity index (χ3n) is 3.07. The summed E-state index contributed by atoms with van der Waals surface area (Å²) in [7, 11) is 0. The second-order valence-electron chi connectivity index (χ2n) is 4.63. The average Bonchev–Trinajstić information content (AvgIpc) is 2.48. The third kappa shape index (κ3) is 3.61. The van der Waals surface area contributed by atoms with Crippen LogP contribution in [0.5, 0.6) is 0 Å². The molecule has 0 saturated carbocycles. The normalized spacial score (nSPS) is 10.2. The van der Waals surface area contributed by atoms with Crippen molar-refractivity contribution in [3.8, 4) is 0 Å². The number of nitrogens with one attached hydrogen (secondary N) is 1. The molecule has 0 aliphatic carbocycles. The van der Waals surface area contributed by atoms with Gasteiger partial charge in [0.1, 0.15) is 0 Å². The fourth-order valence-corrected chi connectivity index (χ4v) is 2.14. The molecule has 0 aliphatic rings. The molecule has 23 heavy (non-hydrogen) atoms. The Balaban J connectivity index is 2.27. The van der Waals surface area contributed by atoms with Crippen LogP contribution >= 0.6 is 11.6 Å². The fraction of sp³-hybridized carbons (Fsp3) is 0.0714. The SMILES string of the molecule is Cc1ccc(NC(=O)c2ccc([N+](=O)[O-])cc2Cl)cc1[N+](=O)[O-]. The number of nitro benzene ring substituents is 2. The molecule has 0 heterocycles. The van der Waals surface area contributed by atoms with Gasteiger partial charge < -0.3 is 5.32 Å². The number of hydrogen-bond donors (Lipinski definition) is 1. The first-order chi connectivity index (χ1) is 10.8. The van der Waals surface area contributed by atoms with Crippen LogP contribution in [0.15, 0.2) is 36.4 Å². The molecule has 0 saturated heterocycles. The first kappa shape index (κ1) is 16.4. The van der Waals surface area contributed by atoms with Gasteiger partial charge in [-0.05, 0) is 19.1 Å². The van der Waals surface area contributed by atoms with Gasteiger partial charge in [0.15, 0.2) is 0 Å². The van der Waals surface area contributed by atoms with E-state index >= 15 is 0 Å². The van der Waals surface area contributed by atoms with Crippen LogP contribution in [0.1, 0.15) is 15.9 Å². The van der Waals surface area contributed by atoms with Gasteiger partial charge in [-0.2, -0.15) is 0 Å². The van der Waals surface area contributed by atoms with Crippen molar-refractivity contribution in [2.45, 2.75) is 6.92 Å². The van der Waals surface area contributed by atoms with Gasteiger partial charge in [0, 0.05) is 29.4 Å². The summed E-state index contributed by atoms with van der Waals surface area (Å²) >= 11 is 5.87. The molecule has 0 bridgehead atoms. The van der Waals surface area contributed by atoms with Gasteiger partial charge in [0.25, 0.3) is 17.3 Å². The highest BCUT2D eigenvalue weighted by molar-refractivity contribution is 6.34. The number of amides is 1. The minimum absolute atomic E-state index is 0.0282. The number of nitro groups is 2. The van der Waals surface area contributed by atoms with Crippen LogP contribution in [0.25, 0.3) is 0 Å². The average molecular weight is 336 g/mol. The molecule has 2 aromatic rings. The number of anilines is 1. The number of aryl methyl sites for hydroxylation is 1. The van der Waals surface area contributed by atoms with Crippen molar-refractivity contribution in [1.29, 1.82) is 0 Å². The van der Waals surface area contributed by atoms with E-state index in [1.54, 1.807) is 6.92 Å². The quantitative estimate of drug-likeness (QED) is 0.675. The Kier molecular flexibility index (Phi) is 4.56. The van der Waals surface area contributed by atoms with Crippen molar-refractivity contribution in [2.75, 3.05) is 5.32 Å². The summed E-state index contributed by atoms with van der Waals surface area (Å²) in [6.07, 6.45) is 0. The van der Waals surface area contributed by atoms with Crippen LogP contribution in [-0.4, -0.2) is 15.8 Å². The summed E-state index contributed by atoms with van der Waals surface area (Å²) in [5, 5.41) is 23.9. The highest BCUT2D eigenvalue weighted by Gasteiger charge is 2.17. The van der Waals surface area contributed by atoms with Gasteiger partial charge in [0.05, 0.1) is 20.4 Å². The Bertz CT molecular complexity index is 822. The maximum atomic E-state index is 12.1. The molecule has 8 nitrogen and oxygen atoms in total. The number of nitrogens with zero attached hydrogens (tertiary/aromatic N) is 2. The molecule has 2 aromatic carbocycles. The molecule has 2 rings (SSSR count). The Hall–Kier alpha value is -3.00. The number of benzene rings is 2. The molecule has 0 unspecified atom stereocenters. The lowest BCUT2D eigenvalue weighted by molar-refractivity contribution is -0.385. The van der Waals surface area contributed by atoms with Gasteiger partial charge in [-0.1, -0.05) is 17.7 Å². The molecule has 0 spiro atoms. The summed E-state index contributed by atoms with van der Waals surface area (Å²) in [4.78, 5) is 32.5. The topological polar surface area (TPSA) is 115 Å². The molecule has 0 atom stereocenters. The summed E-state index contributed by atoms with van der Waals surface area (Å²) in [6, 6.07) is 7.68. The molecule has 0 radical (unpaired) electrons. The summed E-state index contributed by atoms with van der Waals surface area (Å²) in [5.74, 6) is -0.622. The van der Waals surface area contributed by atoms with Crippen LogP contribution < -0.4 is 5.32 Å². The van der Waals surface area contributed by atoms with Crippen LogP contribution in [0.2, 0.25) is 5.02 Å². The number of rotatable bonds is 4. The number of carbonyl (C=O) groups is 1. The maximum Gasteiger partial charge on any atom is 0.274 e. The molecule has 0 fully saturated rings. The first-order valence-electron chi connectivity index (χ1n) is 6.30. The molecule has 1 N–H and O–H groups in total. The minimum Gasteiger partial charge on any atom is -0.322 e. The molecule has 1 amide bonds. The zero-order valence-electron chi connectivity index (χ0n) is 11.8. The summed E-state index contributed by atoms with van der Waals surface area (Å²) < 4.78 is 0. The number of hydrogen-bond acceptors (Lipinski definition) is 5. The van der Waals surface area contributed by atoms with Gasteiger partial charge in [0.2, 0.25) is 0 Å².